The van der Waals surface area contributed by atoms with E-state index in [0.29, 0.717) is 17.8 Å². The zero-order chi connectivity index (χ0) is 28.8. The van der Waals surface area contributed by atoms with Crippen molar-refractivity contribution in [1.82, 2.24) is 20.1 Å². The lowest BCUT2D eigenvalue weighted by molar-refractivity contribution is 0.0934. The van der Waals surface area contributed by atoms with Crippen molar-refractivity contribution in [3.05, 3.63) is 143 Å². The third kappa shape index (κ3) is 7.11. The molecule has 1 amide bonds. The number of nitrogens with one attached hydrogen (secondary N) is 1. The molecule has 0 aliphatic carbocycles. The van der Waals surface area contributed by atoms with Gasteiger partial charge in [-0.15, -0.1) is 10.2 Å². The molecule has 0 aliphatic heterocycles. The van der Waals surface area contributed by atoms with Crippen LogP contribution in [0.5, 0.6) is 0 Å². The van der Waals surface area contributed by atoms with Crippen LogP contribution in [0.1, 0.15) is 59.7 Å². The van der Waals surface area contributed by atoms with Crippen molar-refractivity contribution < 1.29 is 9.18 Å². The Bertz CT molecular complexity index is 1580. The molecular weight excluding hydrogens is 531 g/mol. The number of carbonyl (C=O) groups is 1. The van der Waals surface area contributed by atoms with Crippen LogP contribution in [0, 0.1) is 5.82 Å². The Morgan fingerprint density at radius 1 is 0.829 bits per heavy atom. The van der Waals surface area contributed by atoms with E-state index in [1.165, 1.54) is 35.4 Å². The molecule has 5 rings (SSSR count). The maximum Gasteiger partial charge on any atom is 0.251 e. The highest BCUT2D eigenvalue weighted by molar-refractivity contribution is 7.98. The van der Waals surface area contributed by atoms with Crippen molar-refractivity contribution in [1.29, 1.82) is 0 Å². The molecule has 0 bridgehead atoms. The molecule has 5 nitrogen and oxygen atoms in total. The summed E-state index contributed by atoms with van der Waals surface area (Å²) in [5.41, 5.74) is 4.92. The van der Waals surface area contributed by atoms with E-state index in [2.05, 4.69) is 60.6 Å². The van der Waals surface area contributed by atoms with E-state index in [4.69, 9.17) is 0 Å². The predicted molar refractivity (Wildman–Crippen MR) is 163 cm³/mol. The summed E-state index contributed by atoms with van der Waals surface area (Å²) in [5, 5.41) is 13.1. The van der Waals surface area contributed by atoms with E-state index in [1.54, 1.807) is 11.8 Å². The van der Waals surface area contributed by atoms with Gasteiger partial charge in [0.05, 0.1) is 6.04 Å². The Kier molecular flexibility index (Phi) is 8.64. The monoisotopic (exact) mass is 564 g/mol. The Morgan fingerprint density at radius 2 is 1.46 bits per heavy atom. The lowest BCUT2D eigenvalue weighted by Gasteiger charge is -2.20. The largest absolute Gasteiger partial charge is 0.342 e. The standard InChI is InChI=1S/C34H33FN4OS/c1-34(2,3)27-18-14-25(15-19-27)23-41-33-38-37-31(39(33)29-12-8-5-9-13-29)30(22-24-10-6-4-7-11-24)36-32(40)26-16-20-28(35)21-17-26/h4-21,30H,22-23H2,1-3H3,(H,36,40)/t30-/m0/s1. The van der Waals surface area contributed by atoms with Crippen molar-refractivity contribution in [2.45, 2.75) is 49.6 Å². The average molecular weight is 565 g/mol. The minimum atomic E-state index is -0.483. The molecule has 1 aromatic heterocycles. The summed E-state index contributed by atoms with van der Waals surface area (Å²) in [4.78, 5) is 13.3. The van der Waals surface area contributed by atoms with E-state index >= 15 is 0 Å². The molecular formula is C34H33FN4OS. The number of halogens is 1. The first-order valence-electron chi connectivity index (χ1n) is 13.6. The fraction of sp³-hybridized carbons (Fsp3) is 0.206. The van der Waals surface area contributed by atoms with Crippen LogP contribution < -0.4 is 5.32 Å². The second-order valence-corrected chi connectivity index (χ2v) is 11.9. The number of rotatable bonds is 9. The summed E-state index contributed by atoms with van der Waals surface area (Å²) in [7, 11) is 0. The van der Waals surface area contributed by atoms with Gasteiger partial charge < -0.3 is 5.32 Å². The fourth-order valence-corrected chi connectivity index (χ4v) is 5.48. The summed E-state index contributed by atoms with van der Waals surface area (Å²) >= 11 is 1.60. The van der Waals surface area contributed by atoms with Crippen LogP contribution >= 0.6 is 11.8 Å². The van der Waals surface area contributed by atoms with Gasteiger partial charge in [0.2, 0.25) is 0 Å². The Morgan fingerprint density at radius 3 is 2.10 bits per heavy atom. The molecule has 5 aromatic rings. The number of thioether (sulfide) groups is 1. The van der Waals surface area contributed by atoms with Gasteiger partial charge in [0, 0.05) is 17.0 Å². The summed E-state index contributed by atoms with van der Waals surface area (Å²) in [5.74, 6) is 0.657. The molecule has 1 N–H and O–H groups in total. The lowest BCUT2D eigenvalue weighted by atomic mass is 9.87. The minimum absolute atomic E-state index is 0.0974. The van der Waals surface area contributed by atoms with E-state index < -0.39 is 6.04 Å². The van der Waals surface area contributed by atoms with E-state index in [9.17, 15) is 9.18 Å². The number of hydrogen-bond acceptors (Lipinski definition) is 4. The molecule has 0 spiro atoms. The van der Waals surface area contributed by atoms with Gasteiger partial charge in [-0.05, 0) is 64.9 Å². The highest BCUT2D eigenvalue weighted by atomic mass is 32.2. The summed E-state index contributed by atoms with van der Waals surface area (Å²) in [6.45, 7) is 6.63. The number of hydrogen-bond donors (Lipinski definition) is 1. The molecule has 0 fully saturated rings. The molecule has 4 aromatic carbocycles. The normalized spacial score (nSPS) is 12.2. The molecule has 0 radical (unpaired) electrons. The van der Waals surface area contributed by atoms with E-state index in [-0.39, 0.29) is 17.1 Å². The number of para-hydroxylation sites is 1. The first kappa shape index (κ1) is 28.3. The van der Waals surface area contributed by atoms with Crippen molar-refractivity contribution in [2.24, 2.45) is 0 Å². The quantitative estimate of drug-likeness (QED) is 0.186. The van der Waals surface area contributed by atoms with Crippen molar-refractivity contribution in [2.75, 3.05) is 0 Å². The number of carbonyl (C=O) groups excluding carboxylic acids is 1. The molecule has 0 saturated heterocycles. The highest BCUT2D eigenvalue weighted by Gasteiger charge is 2.25. The van der Waals surface area contributed by atoms with Gasteiger partial charge in [-0.25, -0.2) is 4.39 Å². The lowest BCUT2D eigenvalue weighted by Crippen LogP contribution is -2.32. The SMILES string of the molecule is CC(C)(C)c1ccc(CSc2nnc([C@H](Cc3ccccc3)NC(=O)c3ccc(F)cc3)n2-c2ccccc2)cc1. The number of amides is 1. The first-order chi connectivity index (χ1) is 19.8. The smallest absolute Gasteiger partial charge is 0.251 e. The van der Waals surface area contributed by atoms with Gasteiger partial charge in [0.1, 0.15) is 5.82 Å². The molecule has 1 heterocycles. The Labute approximate surface area is 244 Å². The van der Waals surface area contributed by atoms with Crippen LogP contribution in [-0.4, -0.2) is 20.7 Å². The van der Waals surface area contributed by atoms with Crippen LogP contribution in [0.4, 0.5) is 4.39 Å². The summed E-state index contributed by atoms with van der Waals surface area (Å²) in [6.07, 6.45) is 0.512. The van der Waals surface area contributed by atoms with Gasteiger partial charge in [0.25, 0.3) is 5.91 Å². The second-order valence-electron chi connectivity index (χ2n) is 11.0. The molecule has 41 heavy (non-hydrogen) atoms. The molecule has 0 saturated carbocycles. The molecule has 1 atom stereocenters. The third-order valence-electron chi connectivity index (χ3n) is 6.87. The van der Waals surface area contributed by atoms with Crippen molar-refractivity contribution >= 4 is 17.7 Å². The summed E-state index contributed by atoms with van der Waals surface area (Å²) < 4.78 is 15.5. The van der Waals surface area contributed by atoms with E-state index in [1.807, 2.05) is 65.2 Å². The number of benzene rings is 4. The predicted octanol–water partition coefficient (Wildman–Crippen LogP) is 7.71. The van der Waals surface area contributed by atoms with Gasteiger partial charge in [-0.1, -0.05) is 105 Å². The number of aromatic nitrogens is 3. The van der Waals surface area contributed by atoms with Crippen LogP contribution in [0.2, 0.25) is 0 Å². The van der Waals surface area contributed by atoms with Crippen LogP contribution in [0.15, 0.2) is 114 Å². The Hall–Kier alpha value is -4.23. The fourth-order valence-electron chi connectivity index (χ4n) is 4.57. The van der Waals surface area contributed by atoms with Gasteiger partial charge >= 0.3 is 0 Å². The molecule has 7 heteroatoms. The second kappa shape index (κ2) is 12.5. The van der Waals surface area contributed by atoms with Crippen molar-refractivity contribution in [3.63, 3.8) is 0 Å². The average Bonchev–Trinajstić information content (AvgIpc) is 3.41. The van der Waals surface area contributed by atoms with Crippen molar-refractivity contribution in [3.8, 4) is 5.69 Å². The minimum Gasteiger partial charge on any atom is -0.342 e. The highest BCUT2D eigenvalue weighted by Crippen LogP contribution is 2.30. The molecule has 0 unspecified atom stereocenters. The van der Waals surface area contributed by atoms with Gasteiger partial charge in [-0.2, -0.15) is 0 Å². The van der Waals surface area contributed by atoms with Crippen LogP contribution in [-0.2, 0) is 17.6 Å². The van der Waals surface area contributed by atoms with Crippen LogP contribution in [0.25, 0.3) is 5.69 Å². The molecule has 208 valence electrons. The first-order valence-corrected chi connectivity index (χ1v) is 14.6. The zero-order valence-electron chi connectivity index (χ0n) is 23.4. The number of nitrogens with zero attached hydrogens (tertiary/aromatic N) is 3. The van der Waals surface area contributed by atoms with E-state index in [0.717, 1.165) is 22.2 Å². The van der Waals surface area contributed by atoms with Gasteiger partial charge in [-0.3, -0.25) is 9.36 Å². The summed E-state index contributed by atoms with van der Waals surface area (Å²) in [6, 6.07) is 33.7. The maximum absolute atomic E-state index is 13.5. The topological polar surface area (TPSA) is 59.8 Å². The van der Waals surface area contributed by atoms with Crippen LogP contribution in [0.3, 0.4) is 0 Å². The maximum atomic E-state index is 13.5. The van der Waals surface area contributed by atoms with Gasteiger partial charge in [0.15, 0.2) is 11.0 Å². The third-order valence-corrected chi connectivity index (χ3v) is 7.87. The zero-order valence-corrected chi connectivity index (χ0v) is 24.2. The Balaban J connectivity index is 1.48. The molecule has 0 aliphatic rings.